The van der Waals surface area contributed by atoms with Crippen LogP contribution in [0.3, 0.4) is 0 Å². The molecule has 4 atom stereocenters. The molecule has 1 aromatic carbocycles. The highest BCUT2D eigenvalue weighted by molar-refractivity contribution is 5.93. The highest BCUT2D eigenvalue weighted by atomic mass is 16.5. The van der Waals surface area contributed by atoms with Crippen molar-refractivity contribution in [3.05, 3.63) is 66.1 Å². The van der Waals surface area contributed by atoms with Crippen molar-refractivity contribution < 1.29 is 23.5 Å². The summed E-state index contributed by atoms with van der Waals surface area (Å²) in [7, 11) is 1.61. The molecule has 3 unspecified atom stereocenters. The molecule has 2 bridgehead atoms. The molecule has 7 heteroatoms. The van der Waals surface area contributed by atoms with E-state index in [1.54, 1.807) is 24.3 Å². The maximum atomic E-state index is 13.1. The zero-order valence-electron chi connectivity index (χ0n) is 16.0. The number of likely N-dealkylation sites (tertiary alicyclic amines) is 1. The van der Waals surface area contributed by atoms with Crippen molar-refractivity contribution in [1.82, 2.24) is 10.2 Å². The molecule has 0 radical (unpaired) electrons. The van der Waals surface area contributed by atoms with E-state index < -0.39 is 17.4 Å². The molecule has 7 nitrogen and oxygen atoms in total. The normalized spacial score (nSPS) is 29.3. The van der Waals surface area contributed by atoms with Gasteiger partial charge < -0.3 is 24.1 Å². The van der Waals surface area contributed by atoms with Gasteiger partial charge in [-0.25, -0.2) is 0 Å². The Hall–Kier alpha value is -3.06. The first-order valence-electron chi connectivity index (χ1n) is 9.69. The molecule has 1 spiro atoms. The van der Waals surface area contributed by atoms with Gasteiger partial charge in [-0.05, 0) is 29.8 Å². The van der Waals surface area contributed by atoms with Gasteiger partial charge in [0.1, 0.15) is 17.1 Å². The van der Waals surface area contributed by atoms with Crippen LogP contribution in [0.2, 0.25) is 0 Å². The first-order chi connectivity index (χ1) is 14.1. The fourth-order valence-electron chi connectivity index (χ4n) is 4.65. The van der Waals surface area contributed by atoms with Crippen LogP contribution in [0, 0.1) is 11.8 Å². The third-order valence-electron chi connectivity index (χ3n) is 6.03. The third-order valence-corrected chi connectivity index (χ3v) is 6.03. The fraction of sp³-hybridized carbons (Fsp3) is 0.364. The molecule has 0 aliphatic carbocycles. The summed E-state index contributed by atoms with van der Waals surface area (Å²) in [6.07, 6.45) is 5.10. The van der Waals surface area contributed by atoms with Gasteiger partial charge in [0.05, 0.1) is 44.4 Å². The molecule has 150 valence electrons. The average Bonchev–Trinajstić information content (AvgIpc) is 3.50. The van der Waals surface area contributed by atoms with Gasteiger partial charge in [-0.3, -0.25) is 9.59 Å². The van der Waals surface area contributed by atoms with Crippen LogP contribution >= 0.6 is 0 Å². The monoisotopic (exact) mass is 394 g/mol. The van der Waals surface area contributed by atoms with E-state index >= 15 is 0 Å². The highest BCUT2D eigenvalue weighted by Crippen LogP contribution is 2.52. The Labute approximate surface area is 168 Å². The van der Waals surface area contributed by atoms with Crippen LogP contribution in [0.25, 0.3) is 0 Å². The highest BCUT2D eigenvalue weighted by Gasteiger charge is 2.66. The molecule has 4 heterocycles. The maximum absolute atomic E-state index is 13.1. The van der Waals surface area contributed by atoms with Crippen molar-refractivity contribution >= 4 is 11.8 Å². The van der Waals surface area contributed by atoms with Crippen molar-refractivity contribution in [2.45, 2.75) is 24.8 Å². The molecule has 2 saturated heterocycles. The van der Waals surface area contributed by atoms with E-state index in [0.717, 1.165) is 11.3 Å². The predicted molar refractivity (Wildman–Crippen MR) is 103 cm³/mol. The van der Waals surface area contributed by atoms with E-state index in [2.05, 4.69) is 5.32 Å². The van der Waals surface area contributed by atoms with Crippen LogP contribution in [-0.2, 0) is 27.4 Å². The zero-order chi connectivity index (χ0) is 20.0. The molecular formula is C22H22N2O5. The van der Waals surface area contributed by atoms with Gasteiger partial charge in [0, 0.05) is 6.54 Å². The number of benzene rings is 1. The lowest BCUT2D eigenvalue weighted by Gasteiger charge is -2.23. The van der Waals surface area contributed by atoms with Crippen LogP contribution in [0.5, 0.6) is 5.75 Å². The summed E-state index contributed by atoms with van der Waals surface area (Å²) in [5.41, 5.74) is 0.252. The lowest BCUT2D eigenvalue weighted by molar-refractivity contribution is -0.138. The first-order valence-corrected chi connectivity index (χ1v) is 9.69. The maximum Gasteiger partial charge on any atom is 0.230 e. The van der Waals surface area contributed by atoms with Gasteiger partial charge in [0.25, 0.3) is 0 Å². The van der Waals surface area contributed by atoms with Crippen LogP contribution in [0.1, 0.15) is 11.3 Å². The molecule has 3 aliphatic rings. The summed E-state index contributed by atoms with van der Waals surface area (Å²) >= 11 is 0. The minimum atomic E-state index is -0.712. The van der Waals surface area contributed by atoms with Gasteiger partial charge in [-0.1, -0.05) is 24.3 Å². The van der Waals surface area contributed by atoms with Crippen LogP contribution in [0.4, 0.5) is 0 Å². The lowest BCUT2D eigenvalue weighted by atomic mass is 9.77. The largest absolute Gasteiger partial charge is 0.497 e. The second-order valence-corrected chi connectivity index (χ2v) is 7.74. The fourth-order valence-corrected chi connectivity index (χ4v) is 4.65. The van der Waals surface area contributed by atoms with E-state index in [0.29, 0.717) is 25.4 Å². The van der Waals surface area contributed by atoms with E-state index in [-0.39, 0.29) is 17.9 Å². The number of hydrogen-bond acceptors (Lipinski definition) is 5. The molecule has 29 heavy (non-hydrogen) atoms. The number of carbonyl (C=O) groups excluding carboxylic acids is 2. The van der Waals surface area contributed by atoms with Crippen molar-refractivity contribution in [3.8, 4) is 5.75 Å². The molecule has 2 aromatic rings. The number of rotatable bonds is 6. The Kier molecular flexibility index (Phi) is 4.20. The van der Waals surface area contributed by atoms with Gasteiger partial charge in [-0.15, -0.1) is 0 Å². The van der Waals surface area contributed by atoms with E-state index in [1.807, 2.05) is 42.5 Å². The van der Waals surface area contributed by atoms with Gasteiger partial charge in [0.2, 0.25) is 11.8 Å². The summed E-state index contributed by atoms with van der Waals surface area (Å²) < 4.78 is 16.7. The zero-order valence-corrected chi connectivity index (χ0v) is 16.0. The van der Waals surface area contributed by atoms with E-state index in [9.17, 15) is 9.59 Å². The van der Waals surface area contributed by atoms with Crippen LogP contribution < -0.4 is 10.1 Å². The SMILES string of the molecule is COc1ccc(CNC(=O)C2C3C(=O)N(Cc4ccco4)CC34C=C[C@H]2O4)cc1. The molecule has 3 aliphatic heterocycles. The van der Waals surface area contributed by atoms with Crippen LogP contribution in [-0.4, -0.2) is 42.1 Å². The van der Waals surface area contributed by atoms with Crippen molar-refractivity contribution in [3.63, 3.8) is 0 Å². The number of fused-ring (bicyclic) bond motifs is 1. The van der Waals surface area contributed by atoms with Gasteiger partial charge in [0.15, 0.2) is 0 Å². The summed E-state index contributed by atoms with van der Waals surface area (Å²) in [4.78, 5) is 27.9. The van der Waals surface area contributed by atoms with E-state index in [1.165, 1.54) is 0 Å². The summed E-state index contributed by atoms with van der Waals surface area (Å²) in [5, 5.41) is 2.97. The van der Waals surface area contributed by atoms with Crippen LogP contribution in [0.15, 0.2) is 59.2 Å². The quantitative estimate of drug-likeness (QED) is 0.757. The summed E-state index contributed by atoms with van der Waals surface area (Å²) in [5.74, 6) is 0.249. The Morgan fingerprint density at radius 1 is 1.31 bits per heavy atom. The predicted octanol–water partition coefficient (Wildman–Crippen LogP) is 1.89. The summed E-state index contributed by atoms with van der Waals surface area (Å²) in [6.45, 7) is 1.21. The first kappa shape index (κ1) is 18.0. The summed E-state index contributed by atoms with van der Waals surface area (Å²) in [6, 6.07) is 11.2. The number of furan rings is 1. The van der Waals surface area contributed by atoms with Crippen molar-refractivity contribution in [1.29, 1.82) is 0 Å². The second-order valence-electron chi connectivity index (χ2n) is 7.74. The van der Waals surface area contributed by atoms with Gasteiger partial charge >= 0.3 is 0 Å². The molecular weight excluding hydrogens is 372 g/mol. The molecule has 0 saturated carbocycles. The number of hydrogen-bond donors (Lipinski definition) is 1. The van der Waals surface area contributed by atoms with E-state index in [4.69, 9.17) is 13.9 Å². The lowest BCUT2D eigenvalue weighted by Crippen LogP contribution is -2.43. The number of carbonyl (C=O) groups is 2. The number of ether oxygens (including phenoxy) is 2. The number of nitrogens with one attached hydrogen (secondary N) is 1. The van der Waals surface area contributed by atoms with Crippen molar-refractivity contribution in [2.24, 2.45) is 11.8 Å². The van der Waals surface area contributed by atoms with Crippen molar-refractivity contribution in [2.75, 3.05) is 13.7 Å². The Morgan fingerprint density at radius 2 is 2.14 bits per heavy atom. The average molecular weight is 394 g/mol. The standard InChI is InChI=1S/C22H22N2O5/c1-27-15-6-4-14(5-7-15)11-23-20(25)18-17-8-9-22(29-17)13-24(21(26)19(18)22)12-16-3-2-10-28-16/h2-10,17-19H,11-13H2,1H3,(H,23,25)/t17-,18?,19?,22?/m1/s1. The third kappa shape index (κ3) is 2.93. The number of nitrogens with zero attached hydrogens (tertiary/aromatic N) is 1. The smallest absolute Gasteiger partial charge is 0.230 e. The van der Waals surface area contributed by atoms with Gasteiger partial charge in [-0.2, -0.15) is 0 Å². The number of methoxy groups -OCH3 is 1. The molecule has 2 fully saturated rings. The Balaban J connectivity index is 1.29. The number of amides is 2. The minimum Gasteiger partial charge on any atom is -0.497 e. The molecule has 1 aromatic heterocycles. The second kappa shape index (κ2) is 6.77. The Morgan fingerprint density at radius 3 is 2.86 bits per heavy atom. The topological polar surface area (TPSA) is 81.0 Å². The Bertz CT molecular complexity index is 952. The molecule has 2 amide bonds. The minimum absolute atomic E-state index is 0.0575. The molecule has 5 rings (SSSR count). The molecule has 1 N–H and O–H groups in total.